The van der Waals surface area contributed by atoms with E-state index in [2.05, 4.69) is 11.0 Å². The number of carbonyl (C=O) groups excluding carboxylic acids is 1. The second-order valence-corrected chi connectivity index (χ2v) is 8.13. The van der Waals surface area contributed by atoms with E-state index in [1.165, 1.54) is 18.1 Å². The summed E-state index contributed by atoms with van der Waals surface area (Å²) in [4.78, 5) is 17.8. The van der Waals surface area contributed by atoms with Crippen LogP contribution in [-0.4, -0.2) is 55.7 Å². The summed E-state index contributed by atoms with van der Waals surface area (Å²) < 4.78 is 24.6. The van der Waals surface area contributed by atoms with Crippen molar-refractivity contribution in [2.75, 3.05) is 33.9 Å². The Hall–Kier alpha value is -1.96. The van der Waals surface area contributed by atoms with Crippen molar-refractivity contribution in [3.05, 3.63) is 52.0 Å². The molecular formula is C21H27FN2O3S. The number of rotatable bonds is 9. The quantitative estimate of drug-likeness (QED) is 0.639. The molecule has 1 aliphatic heterocycles. The largest absolute Gasteiger partial charge is 0.494 e. The van der Waals surface area contributed by atoms with E-state index in [1.807, 2.05) is 11.4 Å². The number of likely N-dealkylation sites (N-methyl/N-ethyl adjacent to an activating group) is 1. The minimum absolute atomic E-state index is 0.00535. The topological polar surface area (TPSA) is 42.0 Å². The first-order chi connectivity index (χ1) is 13.5. The minimum Gasteiger partial charge on any atom is -0.494 e. The number of methoxy groups -OCH3 is 1. The van der Waals surface area contributed by atoms with E-state index in [0.29, 0.717) is 13.1 Å². The molecule has 2 heterocycles. The first-order valence-corrected chi connectivity index (χ1v) is 10.4. The third-order valence-electron chi connectivity index (χ3n) is 4.87. The molecule has 1 fully saturated rings. The molecule has 1 aliphatic rings. The van der Waals surface area contributed by atoms with Gasteiger partial charge in [0, 0.05) is 38.2 Å². The Bertz CT molecular complexity index is 763. The molecule has 1 saturated heterocycles. The predicted octanol–water partition coefficient (Wildman–Crippen LogP) is 3.54. The van der Waals surface area contributed by atoms with E-state index >= 15 is 0 Å². The molecule has 0 aliphatic carbocycles. The predicted molar refractivity (Wildman–Crippen MR) is 108 cm³/mol. The third-order valence-corrected chi connectivity index (χ3v) is 5.73. The SMILES string of the molecule is COc1ccc(CN(C)C(=O)CN(Cc2cccs2)CC2CCCO2)cc1F. The van der Waals surface area contributed by atoms with Crippen LogP contribution in [0, 0.1) is 5.82 Å². The molecule has 1 atom stereocenters. The highest BCUT2D eigenvalue weighted by atomic mass is 32.1. The van der Waals surface area contributed by atoms with E-state index in [-0.39, 0.29) is 17.8 Å². The van der Waals surface area contributed by atoms with Gasteiger partial charge in [0.15, 0.2) is 11.6 Å². The molecule has 0 saturated carbocycles. The van der Waals surface area contributed by atoms with Crippen LogP contribution in [0.1, 0.15) is 23.3 Å². The Morgan fingerprint density at radius 1 is 1.36 bits per heavy atom. The summed E-state index contributed by atoms with van der Waals surface area (Å²) >= 11 is 1.69. The summed E-state index contributed by atoms with van der Waals surface area (Å²) in [6.45, 7) is 2.94. The molecular weight excluding hydrogens is 379 g/mol. The number of amides is 1. The molecule has 5 nitrogen and oxygen atoms in total. The number of hydrogen-bond acceptors (Lipinski definition) is 5. The third kappa shape index (κ3) is 5.77. The molecule has 1 aromatic heterocycles. The number of thiophene rings is 1. The summed E-state index contributed by atoms with van der Waals surface area (Å²) in [7, 11) is 3.18. The van der Waals surface area contributed by atoms with Crippen LogP contribution >= 0.6 is 11.3 Å². The lowest BCUT2D eigenvalue weighted by Gasteiger charge is -2.27. The molecule has 1 amide bonds. The van der Waals surface area contributed by atoms with Gasteiger partial charge in [0.05, 0.1) is 19.8 Å². The summed E-state index contributed by atoms with van der Waals surface area (Å²) in [6.07, 6.45) is 2.30. The van der Waals surface area contributed by atoms with Crippen LogP contribution < -0.4 is 4.74 Å². The van der Waals surface area contributed by atoms with E-state index < -0.39 is 5.82 Å². The van der Waals surface area contributed by atoms with Gasteiger partial charge in [0.1, 0.15) is 0 Å². The molecule has 0 N–H and O–H groups in total. The molecule has 7 heteroatoms. The second kappa shape index (κ2) is 10.0. The number of carbonyl (C=O) groups is 1. The van der Waals surface area contributed by atoms with E-state index in [9.17, 15) is 9.18 Å². The second-order valence-electron chi connectivity index (χ2n) is 7.10. The first-order valence-electron chi connectivity index (χ1n) is 9.48. The molecule has 0 radical (unpaired) electrons. The molecule has 0 bridgehead atoms. The molecule has 1 aromatic carbocycles. The van der Waals surface area contributed by atoms with Gasteiger partial charge in [-0.3, -0.25) is 9.69 Å². The van der Waals surface area contributed by atoms with Gasteiger partial charge < -0.3 is 14.4 Å². The van der Waals surface area contributed by atoms with Crippen molar-refractivity contribution < 1.29 is 18.7 Å². The van der Waals surface area contributed by atoms with E-state index in [0.717, 1.165) is 38.1 Å². The van der Waals surface area contributed by atoms with Crippen molar-refractivity contribution in [3.63, 3.8) is 0 Å². The standard InChI is InChI=1S/C21H27FN2O3S/c1-23(12-16-7-8-20(26-2)19(22)11-16)21(25)15-24(13-17-5-3-9-27-17)14-18-6-4-10-28-18/h4,6-8,10-11,17H,3,5,9,12-15H2,1-2H3. The molecule has 0 spiro atoms. The maximum Gasteiger partial charge on any atom is 0.236 e. The van der Waals surface area contributed by atoms with Gasteiger partial charge >= 0.3 is 0 Å². The monoisotopic (exact) mass is 406 g/mol. The lowest BCUT2D eigenvalue weighted by Crippen LogP contribution is -2.40. The van der Waals surface area contributed by atoms with Crippen LogP contribution in [0.3, 0.4) is 0 Å². The first kappa shape index (κ1) is 20.8. The van der Waals surface area contributed by atoms with Gasteiger partial charge in [-0.2, -0.15) is 0 Å². The van der Waals surface area contributed by atoms with Crippen molar-refractivity contribution in [2.24, 2.45) is 0 Å². The number of benzene rings is 1. The Kier molecular flexibility index (Phi) is 7.42. The van der Waals surface area contributed by atoms with Gasteiger partial charge in [0.2, 0.25) is 5.91 Å². The number of halogens is 1. The number of nitrogens with zero attached hydrogens (tertiary/aromatic N) is 2. The molecule has 152 valence electrons. The zero-order valence-electron chi connectivity index (χ0n) is 16.4. The molecule has 1 unspecified atom stereocenters. The maximum atomic E-state index is 13.9. The highest BCUT2D eigenvalue weighted by Crippen LogP contribution is 2.19. The zero-order chi connectivity index (χ0) is 19.9. The summed E-state index contributed by atoms with van der Waals surface area (Å²) in [5.74, 6) is -0.208. The fourth-order valence-corrected chi connectivity index (χ4v) is 4.11. The summed E-state index contributed by atoms with van der Waals surface area (Å²) in [5, 5.41) is 2.05. The van der Waals surface area contributed by atoms with Crippen LogP contribution in [0.2, 0.25) is 0 Å². The van der Waals surface area contributed by atoms with Crippen molar-refractivity contribution in [3.8, 4) is 5.75 Å². The Labute approximate surface area is 169 Å². The van der Waals surface area contributed by atoms with Gasteiger partial charge in [-0.05, 0) is 42.0 Å². The Morgan fingerprint density at radius 3 is 2.86 bits per heavy atom. The van der Waals surface area contributed by atoms with Crippen LogP contribution in [0.25, 0.3) is 0 Å². The molecule has 3 rings (SSSR count). The normalized spacial score (nSPS) is 16.5. The average Bonchev–Trinajstić information content (AvgIpc) is 3.36. The van der Waals surface area contributed by atoms with Crippen LogP contribution in [0.4, 0.5) is 4.39 Å². The van der Waals surface area contributed by atoms with Crippen molar-refractivity contribution >= 4 is 17.2 Å². The fraction of sp³-hybridized carbons (Fsp3) is 0.476. The van der Waals surface area contributed by atoms with Gasteiger partial charge in [-0.15, -0.1) is 11.3 Å². The Morgan fingerprint density at radius 2 is 2.21 bits per heavy atom. The summed E-state index contributed by atoms with van der Waals surface area (Å²) in [5.41, 5.74) is 0.734. The molecule has 28 heavy (non-hydrogen) atoms. The lowest BCUT2D eigenvalue weighted by atomic mass is 10.2. The highest BCUT2D eigenvalue weighted by Gasteiger charge is 2.22. The van der Waals surface area contributed by atoms with Crippen LogP contribution in [0.15, 0.2) is 35.7 Å². The number of hydrogen-bond donors (Lipinski definition) is 0. The minimum atomic E-state index is -0.418. The fourth-order valence-electron chi connectivity index (χ4n) is 3.37. The Balaban J connectivity index is 1.60. The summed E-state index contributed by atoms with van der Waals surface area (Å²) in [6, 6.07) is 8.89. The van der Waals surface area contributed by atoms with Gasteiger partial charge in [-0.25, -0.2) is 4.39 Å². The zero-order valence-corrected chi connectivity index (χ0v) is 17.2. The highest BCUT2D eigenvalue weighted by molar-refractivity contribution is 7.09. The van der Waals surface area contributed by atoms with Gasteiger partial charge in [-0.1, -0.05) is 12.1 Å². The average molecular weight is 407 g/mol. The molecule has 2 aromatic rings. The van der Waals surface area contributed by atoms with Crippen molar-refractivity contribution in [2.45, 2.75) is 32.0 Å². The number of ether oxygens (including phenoxy) is 2. The van der Waals surface area contributed by atoms with E-state index in [1.54, 1.807) is 35.4 Å². The smallest absolute Gasteiger partial charge is 0.236 e. The van der Waals surface area contributed by atoms with Crippen molar-refractivity contribution in [1.82, 2.24) is 9.80 Å². The van der Waals surface area contributed by atoms with E-state index in [4.69, 9.17) is 9.47 Å². The van der Waals surface area contributed by atoms with Crippen molar-refractivity contribution in [1.29, 1.82) is 0 Å². The van der Waals surface area contributed by atoms with Gasteiger partial charge in [0.25, 0.3) is 0 Å². The van der Waals surface area contributed by atoms with Crippen LogP contribution in [0.5, 0.6) is 5.75 Å². The van der Waals surface area contributed by atoms with Crippen LogP contribution in [-0.2, 0) is 22.6 Å². The lowest BCUT2D eigenvalue weighted by molar-refractivity contribution is -0.132. The maximum absolute atomic E-state index is 13.9.